The van der Waals surface area contributed by atoms with Crippen LogP contribution >= 0.6 is 11.8 Å². The summed E-state index contributed by atoms with van der Waals surface area (Å²) in [7, 11) is 0. The van der Waals surface area contributed by atoms with Gasteiger partial charge in [-0.15, -0.1) is 5.53 Å². The highest BCUT2D eigenvalue weighted by Gasteiger charge is 2.07. The van der Waals surface area contributed by atoms with Crippen LogP contribution in [0.5, 0.6) is 0 Å². The second-order valence-electron chi connectivity index (χ2n) is 2.90. The molecule has 0 spiro atoms. The molecule has 1 aromatic carbocycles. The molecule has 4 nitrogen and oxygen atoms in total. The molecule has 5 heteroatoms. The summed E-state index contributed by atoms with van der Waals surface area (Å²) in [6.07, 6.45) is 3.51. The van der Waals surface area contributed by atoms with Gasteiger partial charge in [-0.2, -0.15) is 0 Å². The van der Waals surface area contributed by atoms with Crippen LogP contribution in [0, 0.1) is 0 Å². The number of halogens is 1. The minimum absolute atomic E-state index is 0.753. The quantitative estimate of drug-likeness (QED) is 0.738. The predicted molar refractivity (Wildman–Crippen MR) is 55.1 cm³/mol. The Morgan fingerprint density at radius 3 is 2.64 bits per heavy atom. The van der Waals surface area contributed by atoms with Crippen molar-refractivity contribution in [3.63, 3.8) is 0 Å². The first kappa shape index (κ1) is 9.33. The van der Waals surface area contributed by atoms with Crippen LogP contribution in [0.25, 0.3) is 0 Å². The standard InChI is InChI=1S/C9H11ClN4/c10-13-6-7-14(12-13)11-8-9-4-2-1-3-5-9/h1-7,11-12H,8H2. The Hall–Kier alpha value is -1.23. The fourth-order valence-electron chi connectivity index (χ4n) is 1.16. The molecule has 0 saturated heterocycles. The zero-order valence-corrected chi connectivity index (χ0v) is 8.28. The largest absolute Gasteiger partial charge is 0.228 e. The van der Waals surface area contributed by atoms with E-state index < -0.39 is 0 Å². The molecule has 0 saturated carbocycles. The summed E-state index contributed by atoms with van der Waals surface area (Å²) in [4.78, 5) is 0. The fraction of sp³-hybridized carbons (Fsp3) is 0.111. The van der Waals surface area contributed by atoms with E-state index in [1.807, 2.05) is 18.2 Å². The van der Waals surface area contributed by atoms with Gasteiger partial charge in [-0.3, -0.25) is 0 Å². The summed E-state index contributed by atoms with van der Waals surface area (Å²) in [5, 5.41) is 1.69. The third-order valence-corrected chi connectivity index (χ3v) is 2.03. The lowest BCUT2D eigenvalue weighted by atomic mass is 10.2. The molecule has 0 fully saturated rings. The number of benzene rings is 1. The number of hydrogen-bond donors (Lipinski definition) is 2. The third-order valence-electron chi connectivity index (χ3n) is 1.85. The lowest BCUT2D eigenvalue weighted by molar-refractivity contribution is 0.138. The van der Waals surface area contributed by atoms with Crippen LogP contribution in [-0.2, 0) is 6.54 Å². The zero-order chi connectivity index (χ0) is 9.80. The second-order valence-corrected chi connectivity index (χ2v) is 3.26. The molecule has 1 heterocycles. The summed E-state index contributed by atoms with van der Waals surface area (Å²) in [6, 6.07) is 10.1. The number of nitrogens with zero attached hydrogens (tertiary/aromatic N) is 2. The van der Waals surface area contributed by atoms with Crippen molar-refractivity contribution >= 4 is 11.8 Å². The van der Waals surface area contributed by atoms with Crippen LogP contribution in [0.2, 0.25) is 0 Å². The lowest BCUT2D eigenvalue weighted by Crippen LogP contribution is -2.43. The first-order chi connectivity index (χ1) is 6.84. The molecular weight excluding hydrogens is 200 g/mol. The Kier molecular flexibility index (Phi) is 2.88. The van der Waals surface area contributed by atoms with Crippen LogP contribution in [0.1, 0.15) is 5.56 Å². The molecule has 0 unspecified atom stereocenters. The van der Waals surface area contributed by atoms with E-state index in [1.165, 1.54) is 10.1 Å². The minimum atomic E-state index is 0.753. The van der Waals surface area contributed by atoms with Gasteiger partial charge in [0.2, 0.25) is 0 Å². The average molecular weight is 211 g/mol. The minimum Gasteiger partial charge on any atom is -0.228 e. The Bertz CT molecular complexity index is 314. The summed E-state index contributed by atoms with van der Waals surface area (Å²) < 4.78 is 1.35. The van der Waals surface area contributed by atoms with Crippen molar-refractivity contribution in [2.45, 2.75) is 6.54 Å². The van der Waals surface area contributed by atoms with Gasteiger partial charge in [-0.25, -0.2) is 15.1 Å². The molecule has 0 amide bonds. The summed E-state index contributed by atoms with van der Waals surface area (Å²) >= 11 is 5.64. The van der Waals surface area contributed by atoms with Crippen LogP contribution in [-0.4, -0.2) is 9.65 Å². The van der Waals surface area contributed by atoms with E-state index in [1.54, 1.807) is 17.5 Å². The molecule has 0 aliphatic carbocycles. The number of nitrogens with one attached hydrogen (secondary N) is 2. The van der Waals surface area contributed by atoms with Crippen LogP contribution in [0.15, 0.2) is 42.7 Å². The average Bonchev–Trinajstić information content (AvgIpc) is 2.63. The SMILES string of the molecule is ClN1C=CN(NCc2ccccc2)N1. The van der Waals surface area contributed by atoms with E-state index in [9.17, 15) is 0 Å². The van der Waals surface area contributed by atoms with E-state index in [0.717, 1.165) is 6.54 Å². The Labute approximate surface area is 87.8 Å². The van der Waals surface area contributed by atoms with Crippen LogP contribution in [0.3, 0.4) is 0 Å². The molecule has 2 rings (SSSR count). The second kappa shape index (κ2) is 4.32. The van der Waals surface area contributed by atoms with Crippen molar-refractivity contribution in [3.05, 3.63) is 48.3 Å². The van der Waals surface area contributed by atoms with Crippen molar-refractivity contribution in [1.82, 2.24) is 20.6 Å². The molecule has 2 N–H and O–H groups in total. The topological polar surface area (TPSA) is 30.5 Å². The van der Waals surface area contributed by atoms with Gasteiger partial charge < -0.3 is 0 Å². The van der Waals surface area contributed by atoms with Gasteiger partial charge in [0.25, 0.3) is 0 Å². The molecule has 1 aliphatic heterocycles. The molecule has 0 aromatic heterocycles. The molecule has 1 aromatic rings. The van der Waals surface area contributed by atoms with Gasteiger partial charge in [0.05, 0.1) is 12.4 Å². The summed E-state index contributed by atoms with van der Waals surface area (Å²) in [5.41, 5.74) is 7.19. The zero-order valence-electron chi connectivity index (χ0n) is 7.52. The fourth-order valence-corrected chi connectivity index (χ4v) is 1.29. The van der Waals surface area contributed by atoms with E-state index >= 15 is 0 Å². The lowest BCUT2D eigenvalue weighted by Gasteiger charge is -2.18. The molecular formula is C9H11ClN4. The van der Waals surface area contributed by atoms with Crippen molar-refractivity contribution in [1.29, 1.82) is 0 Å². The summed E-state index contributed by atoms with van der Waals surface area (Å²) in [6.45, 7) is 0.753. The van der Waals surface area contributed by atoms with Crippen molar-refractivity contribution in [2.75, 3.05) is 0 Å². The highest BCUT2D eigenvalue weighted by atomic mass is 35.5. The maximum absolute atomic E-state index is 5.64. The van der Waals surface area contributed by atoms with Gasteiger partial charge in [0.15, 0.2) is 0 Å². The molecule has 0 radical (unpaired) electrons. The molecule has 0 bridgehead atoms. The first-order valence-electron chi connectivity index (χ1n) is 4.31. The van der Waals surface area contributed by atoms with Crippen LogP contribution < -0.4 is 11.0 Å². The first-order valence-corrected chi connectivity index (χ1v) is 4.65. The molecule has 1 aliphatic rings. The maximum atomic E-state index is 5.64. The van der Waals surface area contributed by atoms with Crippen molar-refractivity contribution in [2.24, 2.45) is 0 Å². The van der Waals surface area contributed by atoms with Crippen LogP contribution in [0.4, 0.5) is 0 Å². The normalized spacial score (nSPS) is 15.2. The van der Waals surface area contributed by atoms with Gasteiger partial charge in [0.1, 0.15) is 0 Å². The van der Waals surface area contributed by atoms with Gasteiger partial charge in [-0.05, 0) is 5.56 Å². The predicted octanol–water partition coefficient (Wildman–Crippen LogP) is 1.35. The van der Waals surface area contributed by atoms with Gasteiger partial charge in [-0.1, -0.05) is 30.3 Å². The number of hydrogen-bond acceptors (Lipinski definition) is 4. The van der Waals surface area contributed by atoms with E-state index in [4.69, 9.17) is 11.8 Å². The number of rotatable bonds is 3. The molecule has 74 valence electrons. The summed E-state index contributed by atoms with van der Waals surface area (Å²) in [5.74, 6) is 0. The van der Waals surface area contributed by atoms with Crippen molar-refractivity contribution in [3.8, 4) is 0 Å². The number of hydrazine groups is 3. The Morgan fingerprint density at radius 2 is 2.00 bits per heavy atom. The van der Waals surface area contributed by atoms with E-state index in [-0.39, 0.29) is 0 Å². The third kappa shape index (κ3) is 2.38. The van der Waals surface area contributed by atoms with E-state index in [0.29, 0.717) is 0 Å². The monoisotopic (exact) mass is 210 g/mol. The molecule has 0 atom stereocenters. The molecule has 14 heavy (non-hydrogen) atoms. The van der Waals surface area contributed by atoms with Gasteiger partial charge in [0, 0.05) is 18.3 Å². The smallest absolute Gasteiger partial charge is 0.0555 e. The highest BCUT2D eigenvalue weighted by Crippen LogP contribution is 2.02. The Morgan fingerprint density at radius 1 is 1.21 bits per heavy atom. The van der Waals surface area contributed by atoms with Gasteiger partial charge >= 0.3 is 0 Å². The van der Waals surface area contributed by atoms with Crippen molar-refractivity contribution < 1.29 is 0 Å². The maximum Gasteiger partial charge on any atom is 0.0555 e. The highest BCUT2D eigenvalue weighted by molar-refractivity contribution is 6.13. The Balaban J connectivity index is 1.81. The van der Waals surface area contributed by atoms with E-state index in [2.05, 4.69) is 23.1 Å².